The van der Waals surface area contributed by atoms with E-state index in [0.29, 0.717) is 28.7 Å². The molecule has 0 aliphatic rings. The summed E-state index contributed by atoms with van der Waals surface area (Å²) in [5, 5.41) is 4.63. The summed E-state index contributed by atoms with van der Waals surface area (Å²) in [6.45, 7) is 0.367. The number of hydrogen-bond donors (Lipinski definition) is 1. The second-order valence-corrected chi connectivity index (χ2v) is 6.26. The zero-order valence-corrected chi connectivity index (χ0v) is 15.7. The highest BCUT2D eigenvalue weighted by Crippen LogP contribution is 2.28. The summed E-state index contributed by atoms with van der Waals surface area (Å²) in [6, 6.07) is 15.9. The van der Waals surface area contributed by atoms with Gasteiger partial charge in [-0.2, -0.15) is 5.10 Å². The maximum Gasteiger partial charge on any atom is 0.161 e. The Morgan fingerprint density at radius 1 is 1.00 bits per heavy atom. The van der Waals surface area contributed by atoms with Gasteiger partial charge in [0.15, 0.2) is 17.3 Å². The lowest BCUT2D eigenvalue weighted by Gasteiger charge is -2.11. The summed E-state index contributed by atoms with van der Waals surface area (Å²) in [6.07, 6.45) is 1.49. The van der Waals surface area contributed by atoms with E-state index >= 15 is 0 Å². The van der Waals surface area contributed by atoms with Crippen molar-refractivity contribution in [2.45, 2.75) is 6.61 Å². The van der Waals surface area contributed by atoms with Crippen molar-refractivity contribution in [1.29, 1.82) is 0 Å². The summed E-state index contributed by atoms with van der Waals surface area (Å²) in [7, 11) is 1.54. The van der Waals surface area contributed by atoms with Gasteiger partial charge >= 0.3 is 0 Å². The van der Waals surface area contributed by atoms with Gasteiger partial charge in [-0.1, -0.05) is 23.7 Å². The van der Waals surface area contributed by atoms with Gasteiger partial charge in [0.05, 0.1) is 19.0 Å². The van der Waals surface area contributed by atoms with Gasteiger partial charge in [0, 0.05) is 11.1 Å². The largest absolute Gasteiger partial charge is 0.493 e. The van der Waals surface area contributed by atoms with Crippen LogP contribution in [0.4, 0.5) is 14.5 Å². The van der Waals surface area contributed by atoms with E-state index in [4.69, 9.17) is 21.1 Å². The fourth-order valence-corrected chi connectivity index (χ4v) is 2.51. The topological polar surface area (TPSA) is 42.8 Å². The lowest BCUT2D eigenvalue weighted by molar-refractivity contribution is 0.284. The summed E-state index contributed by atoms with van der Waals surface area (Å²) in [4.78, 5) is 0. The van der Waals surface area contributed by atoms with Crippen LogP contribution < -0.4 is 14.9 Å². The molecule has 28 heavy (non-hydrogen) atoms. The number of anilines is 1. The molecule has 3 aromatic carbocycles. The molecule has 1 N–H and O–H groups in total. The SMILES string of the molecule is COc1cc(/C=N/Nc2ccc(F)cc2F)ccc1OCc1ccc(Cl)cc1. The molecule has 0 saturated carbocycles. The Balaban J connectivity index is 1.65. The second-order valence-electron chi connectivity index (χ2n) is 5.82. The van der Waals surface area contributed by atoms with Crippen molar-refractivity contribution < 1.29 is 18.3 Å². The number of ether oxygens (including phenoxy) is 2. The smallest absolute Gasteiger partial charge is 0.161 e. The van der Waals surface area contributed by atoms with Gasteiger partial charge < -0.3 is 9.47 Å². The number of nitrogens with zero attached hydrogens (tertiary/aromatic N) is 1. The summed E-state index contributed by atoms with van der Waals surface area (Å²) in [5.74, 6) is -0.260. The van der Waals surface area contributed by atoms with Gasteiger partial charge in [0.1, 0.15) is 12.4 Å². The van der Waals surface area contributed by atoms with E-state index in [2.05, 4.69) is 10.5 Å². The van der Waals surface area contributed by atoms with E-state index in [9.17, 15) is 8.78 Å². The number of methoxy groups -OCH3 is 1. The monoisotopic (exact) mass is 402 g/mol. The number of benzene rings is 3. The zero-order valence-electron chi connectivity index (χ0n) is 15.0. The molecule has 0 aromatic heterocycles. The first-order chi connectivity index (χ1) is 13.5. The summed E-state index contributed by atoms with van der Waals surface area (Å²) in [5.41, 5.74) is 4.30. The van der Waals surface area contributed by atoms with E-state index < -0.39 is 11.6 Å². The van der Waals surface area contributed by atoms with Crippen molar-refractivity contribution in [2.75, 3.05) is 12.5 Å². The van der Waals surface area contributed by atoms with Crippen LogP contribution in [0.5, 0.6) is 11.5 Å². The first-order valence-electron chi connectivity index (χ1n) is 8.34. The molecule has 0 amide bonds. The molecule has 0 saturated heterocycles. The first-order valence-corrected chi connectivity index (χ1v) is 8.72. The zero-order chi connectivity index (χ0) is 19.9. The maximum atomic E-state index is 13.6. The molecule has 0 heterocycles. The third-order valence-electron chi connectivity index (χ3n) is 3.83. The predicted molar refractivity (Wildman–Crippen MR) is 106 cm³/mol. The van der Waals surface area contributed by atoms with Gasteiger partial charge in [-0.3, -0.25) is 5.43 Å². The fourth-order valence-electron chi connectivity index (χ4n) is 2.38. The van der Waals surface area contributed by atoms with Crippen molar-refractivity contribution >= 4 is 23.5 Å². The molecule has 0 unspecified atom stereocenters. The van der Waals surface area contributed by atoms with E-state index in [0.717, 1.165) is 17.7 Å². The third-order valence-corrected chi connectivity index (χ3v) is 4.08. The fraction of sp³-hybridized carbons (Fsp3) is 0.0952. The summed E-state index contributed by atoms with van der Waals surface area (Å²) < 4.78 is 37.6. The quantitative estimate of drug-likeness (QED) is 0.410. The number of hydrogen-bond acceptors (Lipinski definition) is 4. The number of halogens is 3. The van der Waals surface area contributed by atoms with Gasteiger partial charge in [-0.25, -0.2) is 8.78 Å². The molecule has 0 atom stereocenters. The van der Waals surface area contributed by atoms with E-state index in [-0.39, 0.29) is 5.69 Å². The molecular formula is C21H17ClF2N2O2. The molecule has 0 radical (unpaired) electrons. The van der Waals surface area contributed by atoms with Gasteiger partial charge in [0.25, 0.3) is 0 Å². The molecule has 0 aliphatic heterocycles. The van der Waals surface area contributed by atoms with E-state index in [1.54, 1.807) is 30.3 Å². The average molecular weight is 403 g/mol. The van der Waals surface area contributed by atoms with E-state index in [1.165, 1.54) is 19.4 Å². The highest BCUT2D eigenvalue weighted by molar-refractivity contribution is 6.30. The van der Waals surface area contributed by atoms with Crippen LogP contribution in [-0.4, -0.2) is 13.3 Å². The maximum absolute atomic E-state index is 13.6. The highest BCUT2D eigenvalue weighted by Gasteiger charge is 2.06. The minimum absolute atomic E-state index is 0.0764. The molecule has 0 spiro atoms. The second kappa shape index (κ2) is 9.19. The Labute approximate surface area is 166 Å². The Bertz CT molecular complexity index is 979. The lowest BCUT2D eigenvalue weighted by Crippen LogP contribution is -1.99. The number of nitrogens with one attached hydrogen (secondary N) is 1. The Kier molecular flexibility index (Phi) is 6.45. The van der Waals surface area contributed by atoms with Crippen LogP contribution in [0.3, 0.4) is 0 Å². The molecular weight excluding hydrogens is 386 g/mol. The molecule has 3 rings (SSSR count). The normalized spacial score (nSPS) is 10.9. The van der Waals surface area contributed by atoms with Crippen LogP contribution in [0.2, 0.25) is 5.02 Å². The van der Waals surface area contributed by atoms with E-state index in [1.807, 2.05) is 12.1 Å². The summed E-state index contributed by atoms with van der Waals surface area (Å²) >= 11 is 5.87. The minimum Gasteiger partial charge on any atom is -0.493 e. The Hall–Kier alpha value is -3.12. The van der Waals surface area contributed by atoms with Crippen molar-refractivity contribution in [3.63, 3.8) is 0 Å². The molecule has 144 valence electrons. The highest BCUT2D eigenvalue weighted by atomic mass is 35.5. The molecule has 0 bridgehead atoms. The molecule has 0 aliphatic carbocycles. The van der Waals surface area contributed by atoms with Gasteiger partial charge in [0.2, 0.25) is 0 Å². The number of rotatable bonds is 7. The Morgan fingerprint density at radius 3 is 2.50 bits per heavy atom. The van der Waals surface area contributed by atoms with Crippen molar-refractivity contribution in [3.8, 4) is 11.5 Å². The molecule has 7 heteroatoms. The van der Waals surface area contributed by atoms with Gasteiger partial charge in [-0.15, -0.1) is 0 Å². The average Bonchev–Trinajstić information content (AvgIpc) is 2.69. The van der Waals surface area contributed by atoms with Crippen LogP contribution in [0, 0.1) is 11.6 Å². The Morgan fingerprint density at radius 2 is 1.79 bits per heavy atom. The standard InChI is InChI=1S/C21H17ClF2N2O2/c1-27-21-10-15(12-25-26-19-8-7-17(23)11-18(19)24)4-9-20(21)28-13-14-2-5-16(22)6-3-14/h2-12,26H,13H2,1H3/b25-12+. The molecule has 3 aromatic rings. The third kappa shape index (κ3) is 5.20. The van der Waals surface area contributed by atoms with Crippen LogP contribution in [0.25, 0.3) is 0 Å². The van der Waals surface area contributed by atoms with Gasteiger partial charge in [-0.05, 0) is 53.6 Å². The molecule has 4 nitrogen and oxygen atoms in total. The first kappa shape index (κ1) is 19.6. The van der Waals surface area contributed by atoms with Crippen LogP contribution in [-0.2, 0) is 6.61 Å². The van der Waals surface area contributed by atoms with Crippen molar-refractivity contribution in [2.24, 2.45) is 5.10 Å². The van der Waals surface area contributed by atoms with Crippen LogP contribution >= 0.6 is 11.6 Å². The van der Waals surface area contributed by atoms with Crippen molar-refractivity contribution in [3.05, 3.63) is 88.4 Å². The van der Waals surface area contributed by atoms with Crippen LogP contribution in [0.15, 0.2) is 65.8 Å². The number of hydrazone groups is 1. The molecule has 0 fully saturated rings. The van der Waals surface area contributed by atoms with Crippen LogP contribution in [0.1, 0.15) is 11.1 Å². The predicted octanol–water partition coefficient (Wildman–Crippen LogP) is 5.65. The van der Waals surface area contributed by atoms with Crippen molar-refractivity contribution in [1.82, 2.24) is 0 Å². The minimum atomic E-state index is -0.722. The lowest BCUT2D eigenvalue weighted by atomic mass is 10.2.